The molecule has 0 aliphatic heterocycles. The molecule has 15 heavy (non-hydrogen) atoms. The van der Waals surface area contributed by atoms with E-state index in [0.717, 1.165) is 13.2 Å². The van der Waals surface area contributed by atoms with E-state index in [-0.39, 0.29) is 0 Å². The predicted octanol–water partition coefficient (Wildman–Crippen LogP) is 3.98. The second-order valence-corrected chi connectivity index (χ2v) is 3.73. The van der Waals surface area contributed by atoms with Crippen molar-refractivity contribution in [1.29, 1.82) is 0 Å². The van der Waals surface area contributed by atoms with Crippen LogP contribution in [-0.4, -0.2) is 19.3 Å². The average Bonchev–Trinajstić information content (AvgIpc) is 2.16. The molecule has 2 nitrogen and oxygen atoms in total. The van der Waals surface area contributed by atoms with Crippen LogP contribution < -0.4 is 5.73 Å². The zero-order valence-electron chi connectivity index (χ0n) is 11.8. The lowest BCUT2D eigenvalue weighted by Crippen LogP contribution is -2.06. The number of unbranched alkanes of at least 4 members (excludes halogenated alkanes) is 3. The summed E-state index contributed by atoms with van der Waals surface area (Å²) in [6.07, 6.45) is 5.54. The fourth-order valence-electron chi connectivity index (χ4n) is 0.704. The maximum Gasteiger partial charge on any atom is 0.0437 e. The fourth-order valence-corrected chi connectivity index (χ4v) is 0.704. The number of hydrogen-bond donors (Lipinski definition) is 1. The Kier molecular flexibility index (Phi) is 32.0. The Morgan fingerprint density at radius 1 is 0.867 bits per heavy atom. The third kappa shape index (κ3) is 81.7. The normalized spacial score (nSPS) is 8.80. The summed E-state index contributed by atoms with van der Waals surface area (Å²) >= 11 is 0. The summed E-state index contributed by atoms with van der Waals surface area (Å²) in [6.45, 7) is 14.0. The second kappa shape index (κ2) is 23.6. The summed E-state index contributed by atoms with van der Waals surface area (Å²) in [6, 6.07) is 0.333. The van der Waals surface area contributed by atoms with Crippen LogP contribution in [0.25, 0.3) is 0 Å². The van der Waals surface area contributed by atoms with Crippen LogP contribution >= 0.6 is 0 Å². The molecule has 0 amide bonds. The van der Waals surface area contributed by atoms with Crippen LogP contribution in [0, 0.1) is 0 Å². The van der Waals surface area contributed by atoms with Crippen LogP contribution in [0.1, 0.15) is 67.2 Å². The van der Waals surface area contributed by atoms with E-state index in [1.807, 2.05) is 27.7 Å². The van der Waals surface area contributed by atoms with Crippen LogP contribution in [0.4, 0.5) is 0 Å². The fraction of sp³-hybridized carbons (Fsp3) is 1.00. The van der Waals surface area contributed by atoms with Crippen molar-refractivity contribution >= 4 is 0 Å². The molecule has 0 aliphatic carbocycles. The number of nitrogens with two attached hydrogens (primary N) is 1. The van der Waals surface area contributed by atoms with Crippen LogP contribution in [0.15, 0.2) is 0 Å². The van der Waals surface area contributed by atoms with E-state index >= 15 is 0 Å². The molecule has 0 fully saturated rings. The van der Waals surface area contributed by atoms with E-state index in [9.17, 15) is 0 Å². The lowest BCUT2D eigenvalue weighted by Gasteiger charge is -1.86. The summed E-state index contributed by atoms with van der Waals surface area (Å²) in [5, 5.41) is 0. The number of rotatable bonds is 5. The van der Waals surface area contributed by atoms with Gasteiger partial charge in [0.05, 0.1) is 0 Å². The quantitative estimate of drug-likeness (QED) is 0.710. The van der Waals surface area contributed by atoms with E-state index in [2.05, 4.69) is 13.8 Å². The molecule has 96 valence electrons. The van der Waals surface area contributed by atoms with Crippen molar-refractivity contribution in [2.75, 3.05) is 13.2 Å². The highest BCUT2D eigenvalue weighted by Gasteiger charge is 1.75. The van der Waals surface area contributed by atoms with Crippen LogP contribution in [0.3, 0.4) is 0 Å². The number of ether oxygens (including phenoxy) is 1. The molecule has 0 radical (unpaired) electrons. The van der Waals surface area contributed by atoms with Crippen LogP contribution in [0.2, 0.25) is 0 Å². The molecule has 2 N–H and O–H groups in total. The van der Waals surface area contributed by atoms with E-state index in [1.54, 1.807) is 0 Å². The van der Waals surface area contributed by atoms with Gasteiger partial charge < -0.3 is 10.5 Å². The molecule has 0 bridgehead atoms. The van der Waals surface area contributed by atoms with Gasteiger partial charge in [-0.3, -0.25) is 0 Å². The lowest BCUT2D eigenvalue weighted by molar-refractivity contribution is 0.162. The molecule has 0 rings (SSSR count). The Bertz CT molecular complexity index is 66.2. The molecule has 0 saturated heterocycles. The zero-order chi connectivity index (χ0) is 12.5. The van der Waals surface area contributed by atoms with Gasteiger partial charge in [0.1, 0.15) is 0 Å². The molecule has 2 heteroatoms. The first kappa shape index (κ1) is 20.3. The standard InChI is InChI=1S/C6H14.C4H10O.C3H9N/c1-3-5-6-4-2;1-3-5-4-2;1-3(2)4/h3-6H2,1-2H3;3-4H2,1-2H3;3H,4H2,1-2H3. The first-order valence-corrected chi connectivity index (χ1v) is 6.39. The smallest absolute Gasteiger partial charge is 0.0437 e. The van der Waals surface area contributed by atoms with Gasteiger partial charge in [0, 0.05) is 13.2 Å². The van der Waals surface area contributed by atoms with Crippen molar-refractivity contribution in [1.82, 2.24) is 0 Å². The van der Waals surface area contributed by atoms with E-state index in [0.29, 0.717) is 6.04 Å². The minimum Gasteiger partial charge on any atom is -0.382 e. The monoisotopic (exact) mass is 219 g/mol. The highest BCUT2D eigenvalue weighted by molar-refractivity contribution is 4.32. The lowest BCUT2D eigenvalue weighted by atomic mass is 10.2. The second-order valence-electron chi connectivity index (χ2n) is 3.73. The van der Waals surface area contributed by atoms with Crippen molar-refractivity contribution in [2.24, 2.45) is 5.73 Å². The van der Waals surface area contributed by atoms with Gasteiger partial charge in [0.2, 0.25) is 0 Å². The molecular weight excluding hydrogens is 186 g/mol. The van der Waals surface area contributed by atoms with Gasteiger partial charge in [0.15, 0.2) is 0 Å². The van der Waals surface area contributed by atoms with Crippen molar-refractivity contribution in [3.05, 3.63) is 0 Å². The molecule has 0 heterocycles. The molecule has 0 aromatic rings. The van der Waals surface area contributed by atoms with Gasteiger partial charge in [-0.2, -0.15) is 0 Å². The average molecular weight is 219 g/mol. The summed E-state index contributed by atoms with van der Waals surface area (Å²) in [5.74, 6) is 0. The molecule has 0 aromatic carbocycles. The topological polar surface area (TPSA) is 35.2 Å². The highest BCUT2D eigenvalue weighted by atomic mass is 16.5. The van der Waals surface area contributed by atoms with Gasteiger partial charge >= 0.3 is 0 Å². The Morgan fingerprint density at radius 2 is 1.13 bits per heavy atom. The molecule has 0 atom stereocenters. The van der Waals surface area contributed by atoms with Gasteiger partial charge in [-0.05, 0) is 19.9 Å². The zero-order valence-corrected chi connectivity index (χ0v) is 11.8. The number of hydrogen-bond acceptors (Lipinski definition) is 2. The Labute approximate surface area is 97.6 Å². The minimum absolute atomic E-state index is 0.333. The first-order valence-electron chi connectivity index (χ1n) is 6.39. The van der Waals surface area contributed by atoms with Gasteiger partial charge in [-0.25, -0.2) is 0 Å². The van der Waals surface area contributed by atoms with Gasteiger partial charge in [-0.1, -0.05) is 53.4 Å². The summed E-state index contributed by atoms with van der Waals surface area (Å²) in [7, 11) is 0. The third-order valence-corrected chi connectivity index (χ3v) is 1.37. The molecule has 0 unspecified atom stereocenters. The largest absolute Gasteiger partial charge is 0.382 e. The third-order valence-electron chi connectivity index (χ3n) is 1.37. The SMILES string of the molecule is CC(C)N.CCCCCC.CCOCC. The van der Waals surface area contributed by atoms with Crippen LogP contribution in [0.5, 0.6) is 0 Å². The van der Waals surface area contributed by atoms with Crippen molar-refractivity contribution in [3.8, 4) is 0 Å². The van der Waals surface area contributed by atoms with Gasteiger partial charge in [0.25, 0.3) is 0 Å². The molecule has 0 saturated carbocycles. The summed E-state index contributed by atoms with van der Waals surface area (Å²) in [4.78, 5) is 0. The molecular formula is C13H33NO. The maximum atomic E-state index is 5.11. The van der Waals surface area contributed by atoms with E-state index in [4.69, 9.17) is 10.5 Å². The molecule has 0 spiro atoms. The predicted molar refractivity (Wildman–Crippen MR) is 71.3 cm³/mol. The maximum absolute atomic E-state index is 5.11. The van der Waals surface area contributed by atoms with E-state index < -0.39 is 0 Å². The van der Waals surface area contributed by atoms with Crippen molar-refractivity contribution in [2.45, 2.75) is 73.3 Å². The van der Waals surface area contributed by atoms with Crippen molar-refractivity contribution < 1.29 is 4.74 Å². The Balaban J connectivity index is -0.000000147. The summed E-state index contributed by atoms with van der Waals surface area (Å²) < 4.78 is 4.83. The van der Waals surface area contributed by atoms with Crippen molar-refractivity contribution in [3.63, 3.8) is 0 Å². The Hall–Kier alpha value is -0.0800. The van der Waals surface area contributed by atoms with Gasteiger partial charge in [-0.15, -0.1) is 0 Å². The molecule has 0 aromatic heterocycles. The summed E-state index contributed by atoms with van der Waals surface area (Å²) in [5.41, 5.74) is 5.11. The first-order chi connectivity index (χ1) is 7.06. The molecule has 0 aliphatic rings. The Morgan fingerprint density at radius 3 is 1.20 bits per heavy atom. The van der Waals surface area contributed by atoms with E-state index in [1.165, 1.54) is 25.7 Å². The van der Waals surface area contributed by atoms with Crippen LogP contribution in [-0.2, 0) is 4.74 Å². The minimum atomic E-state index is 0.333. The highest BCUT2D eigenvalue weighted by Crippen LogP contribution is 1.95.